The fraction of sp³-hybridized carbons (Fsp3) is 0.286. The predicted octanol–water partition coefficient (Wildman–Crippen LogP) is 2.73. The van der Waals surface area contributed by atoms with E-state index in [-0.39, 0.29) is 5.91 Å². The number of carbonyl (C=O) groups is 1. The van der Waals surface area contributed by atoms with Crippen LogP contribution >= 0.6 is 11.3 Å². The highest BCUT2D eigenvalue weighted by Crippen LogP contribution is 2.09. The number of amides is 1. The Morgan fingerprint density at radius 1 is 1.39 bits per heavy atom. The summed E-state index contributed by atoms with van der Waals surface area (Å²) in [6.45, 7) is 4.58. The summed E-state index contributed by atoms with van der Waals surface area (Å²) in [4.78, 5) is 16.2. The van der Waals surface area contributed by atoms with E-state index in [4.69, 9.17) is 0 Å². The lowest BCUT2D eigenvalue weighted by Gasteiger charge is -2.04. The van der Waals surface area contributed by atoms with Crippen LogP contribution in [0.5, 0.6) is 0 Å². The zero-order valence-corrected chi connectivity index (χ0v) is 11.4. The Labute approximate surface area is 111 Å². The van der Waals surface area contributed by atoms with Gasteiger partial charge >= 0.3 is 0 Å². The molecule has 0 radical (unpaired) electrons. The first-order valence-electron chi connectivity index (χ1n) is 5.91. The lowest BCUT2D eigenvalue weighted by molar-refractivity contribution is 0.0954. The maximum atomic E-state index is 11.9. The second-order valence-electron chi connectivity index (χ2n) is 4.26. The van der Waals surface area contributed by atoms with E-state index in [1.54, 1.807) is 11.3 Å². The number of nitrogens with one attached hydrogen (secondary N) is 1. The molecule has 1 N–H and O–H groups in total. The van der Waals surface area contributed by atoms with Crippen LogP contribution in [0.25, 0.3) is 0 Å². The summed E-state index contributed by atoms with van der Waals surface area (Å²) in [5.74, 6) is -0.0213. The van der Waals surface area contributed by atoms with Crippen LogP contribution in [0, 0.1) is 13.8 Å². The van der Waals surface area contributed by atoms with Gasteiger partial charge in [-0.2, -0.15) is 0 Å². The van der Waals surface area contributed by atoms with Gasteiger partial charge < -0.3 is 5.32 Å². The first kappa shape index (κ1) is 12.8. The Kier molecular flexibility index (Phi) is 4.10. The smallest absolute Gasteiger partial charge is 0.251 e. The van der Waals surface area contributed by atoms with Gasteiger partial charge in [0.15, 0.2) is 0 Å². The van der Waals surface area contributed by atoms with Gasteiger partial charge in [0.2, 0.25) is 0 Å². The van der Waals surface area contributed by atoms with Gasteiger partial charge in [-0.05, 0) is 26.0 Å². The van der Waals surface area contributed by atoms with Crippen LogP contribution in [0.3, 0.4) is 0 Å². The summed E-state index contributed by atoms with van der Waals surface area (Å²) >= 11 is 1.64. The van der Waals surface area contributed by atoms with Gasteiger partial charge in [0.05, 0.1) is 5.01 Å². The molecule has 0 atom stereocenters. The van der Waals surface area contributed by atoms with E-state index in [9.17, 15) is 4.79 Å². The number of thiazole rings is 1. The van der Waals surface area contributed by atoms with E-state index >= 15 is 0 Å². The van der Waals surface area contributed by atoms with Crippen LogP contribution in [-0.4, -0.2) is 17.4 Å². The summed E-state index contributed by atoms with van der Waals surface area (Å²) in [6.07, 6.45) is 0.788. The van der Waals surface area contributed by atoms with Gasteiger partial charge in [-0.25, -0.2) is 4.98 Å². The highest BCUT2D eigenvalue weighted by atomic mass is 32.1. The van der Waals surface area contributed by atoms with Crippen molar-refractivity contribution in [3.05, 3.63) is 51.5 Å². The van der Waals surface area contributed by atoms with Crippen LogP contribution in [-0.2, 0) is 6.42 Å². The van der Waals surface area contributed by atoms with Crippen molar-refractivity contribution in [1.82, 2.24) is 10.3 Å². The molecule has 4 heteroatoms. The van der Waals surface area contributed by atoms with Crippen molar-refractivity contribution in [3.63, 3.8) is 0 Å². The van der Waals surface area contributed by atoms with Crippen molar-refractivity contribution >= 4 is 17.2 Å². The third-order valence-corrected chi connectivity index (χ3v) is 3.60. The minimum Gasteiger partial charge on any atom is -0.352 e. The molecule has 2 rings (SSSR count). The van der Waals surface area contributed by atoms with Crippen molar-refractivity contribution in [1.29, 1.82) is 0 Å². The van der Waals surface area contributed by atoms with Gasteiger partial charge in [-0.3, -0.25) is 4.79 Å². The summed E-state index contributed by atoms with van der Waals surface area (Å²) in [6, 6.07) is 7.60. The number of aryl methyl sites for hydroxylation is 2. The van der Waals surface area contributed by atoms with Crippen molar-refractivity contribution < 1.29 is 4.79 Å². The maximum Gasteiger partial charge on any atom is 0.251 e. The molecule has 3 nitrogen and oxygen atoms in total. The van der Waals surface area contributed by atoms with Crippen LogP contribution in [0.1, 0.15) is 26.6 Å². The van der Waals surface area contributed by atoms with Gasteiger partial charge in [0.1, 0.15) is 0 Å². The number of rotatable bonds is 4. The zero-order valence-electron chi connectivity index (χ0n) is 10.6. The summed E-state index contributed by atoms with van der Waals surface area (Å²) in [7, 11) is 0. The number of benzene rings is 1. The minimum atomic E-state index is -0.0213. The Balaban J connectivity index is 1.85. The number of carbonyl (C=O) groups excluding carboxylic acids is 1. The molecule has 18 heavy (non-hydrogen) atoms. The van der Waals surface area contributed by atoms with E-state index in [1.807, 2.05) is 43.5 Å². The van der Waals surface area contributed by atoms with Crippen molar-refractivity contribution in [2.24, 2.45) is 0 Å². The first-order valence-corrected chi connectivity index (χ1v) is 6.79. The van der Waals surface area contributed by atoms with Crippen LogP contribution in [0.2, 0.25) is 0 Å². The average Bonchev–Trinajstić information content (AvgIpc) is 2.75. The third kappa shape index (κ3) is 3.40. The molecule has 0 saturated carbocycles. The van der Waals surface area contributed by atoms with E-state index in [1.165, 1.54) is 0 Å². The molecule has 1 heterocycles. The fourth-order valence-electron chi connectivity index (χ4n) is 1.69. The highest BCUT2D eigenvalue weighted by Gasteiger charge is 2.05. The van der Waals surface area contributed by atoms with E-state index in [2.05, 4.69) is 10.3 Å². The van der Waals surface area contributed by atoms with Gasteiger partial charge in [-0.1, -0.05) is 17.7 Å². The average molecular weight is 260 g/mol. The second-order valence-corrected chi connectivity index (χ2v) is 5.20. The Hall–Kier alpha value is -1.68. The summed E-state index contributed by atoms with van der Waals surface area (Å²) in [5.41, 5.74) is 2.85. The molecule has 0 bridgehead atoms. The lowest BCUT2D eigenvalue weighted by atomic mass is 10.1. The summed E-state index contributed by atoms with van der Waals surface area (Å²) < 4.78 is 0. The maximum absolute atomic E-state index is 11.9. The number of nitrogens with zero attached hydrogens (tertiary/aromatic N) is 1. The van der Waals surface area contributed by atoms with E-state index in [0.717, 1.165) is 22.7 Å². The van der Waals surface area contributed by atoms with E-state index in [0.29, 0.717) is 12.1 Å². The number of aromatic nitrogens is 1. The zero-order chi connectivity index (χ0) is 13.0. The third-order valence-electron chi connectivity index (χ3n) is 2.57. The quantitative estimate of drug-likeness (QED) is 0.918. The fourth-order valence-corrected chi connectivity index (χ4v) is 2.46. The van der Waals surface area contributed by atoms with Gasteiger partial charge in [-0.15, -0.1) is 11.3 Å². The molecule has 0 unspecified atom stereocenters. The normalized spacial score (nSPS) is 10.3. The molecule has 0 aliphatic heterocycles. The number of hydrogen-bond donors (Lipinski definition) is 1. The predicted molar refractivity (Wildman–Crippen MR) is 74.1 cm³/mol. The van der Waals surface area contributed by atoms with Crippen LogP contribution in [0.4, 0.5) is 0 Å². The molecule has 0 aliphatic rings. The van der Waals surface area contributed by atoms with Crippen molar-refractivity contribution in [2.75, 3.05) is 6.54 Å². The number of hydrogen-bond acceptors (Lipinski definition) is 3. The summed E-state index contributed by atoms with van der Waals surface area (Å²) in [5, 5.41) is 6.00. The Bertz CT molecular complexity index is 548. The molecule has 1 amide bonds. The molecule has 94 valence electrons. The largest absolute Gasteiger partial charge is 0.352 e. The monoisotopic (exact) mass is 260 g/mol. The molecule has 0 saturated heterocycles. The van der Waals surface area contributed by atoms with Gasteiger partial charge in [0.25, 0.3) is 5.91 Å². The molecule has 0 spiro atoms. The first-order chi connectivity index (χ1) is 8.65. The minimum absolute atomic E-state index is 0.0213. The second kappa shape index (κ2) is 5.78. The van der Waals surface area contributed by atoms with Gasteiger partial charge in [0, 0.05) is 29.6 Å². The molecule has 1 aromatic carbocycles. The van der Waals surface area contributed by atoms with Crippen molar-refractivity contribution in [3.8, 4) is 0 Å². The molecule has 0 fully saturated rings. The molecular weight excluding hydrogens is 244 g/mol. The molecule has 1 aromatic heterocycles. The Morgan fingerprint density at radius 3 is 2.89 bits per heavy atom. The molecule has 2 aromatic rings. The van der Waals surface area contributed by atoms with Crippen molar-refractivity contribution in [2.45, 2.75) is 20.3 Å². The molecule has 0 aliphatic carbocycles. The highest BCUT2D eigenvalue weighted by molar-refractivity contribution is 7.09. The van der Waals surface area contributed by atoms with E-state index < -0.39 is 0 Å². The molecular formula is C14H16N2OS. The standard InChI is InChI=1S/C14H16N2OS/c1-10-4-3-5-12(8-10)14(17)15-7-6-13-16-11(2)9-18-13/h3-5,8-9H,6-7H2,1-2H3,(H,15,17). The topological polar surface area (TPSA) is 42.0 Å². The Morgan fingerprint density at radius 2 is 2.22 bits per heavy atom. The van der Waals surface area contributed by atoms with Crippen LogP contribution < -0.4 is 5.32 Å². The SMILES string of the molecule is Cc1cccc(C(=O)NCCc2nc(C)cs2)c1. The lowest BCUT2D eigenvalue weighted by Crippen LogP contribution is -2.25. The van der Waals surface area contributed by atoms with Crippen LogP contribution in [0.15, 0.2) is 29.6 Å².